The predicted octanol–water partition coefficient (Wildman–Crippen LogP) is 2.57. The zero-order chi connectivity index (χ0) is 32.9. The monoisotopic (exact) mass is 622 g/mol. The van der Waals surface area contributed by atoms with E-state index in [4.69, 9.17) is 20.4 Å². The van der Waals surface area contributed by atoms with Gasteiger partial charge in [0.25, 0.3) is 0 Å². The Hall–Kier alpha value is -5.01. The van der Waals surface area contributed by atoms with E-state index in [9.17, 15) is 24.3 Å². The van der Waals surface area contributed by atoms with Gasteiger partial charge in [-0.1, -0.05) is 18.2 Å². The van der Waals surface area contributed by atoms with Gasteiger partial charge in [-0.25, -0.2) is 24.2 Å². The van der Waals surface area contributed by atoms with Crippen molar-refractivity contribution in [2.24, 2.45) is 0 Å². The van der Waals surface area contributed by atoms with E-state index in [2.05, 4.69) is 56.6 Å². The molecule has 13 heteroatoms. The second-order valence-electron chi connectivity index (χ2n) is 10.4. The van der Waals surface area contributed by atoms with Gasteiger partial charge in [0, 0.05) is 80.8 Å². The van der Waals surface area contributed by atoms with Gasteiger partial charge < -0.3 is 35.0 Å². The van der Waals surface area contributed by atoms with E-state index in [-0.39, 0.29) is 6.61 Å². The number of benzene rings is 1. The summed E-state index contributed by atoms with van der Waals surface area (Å²) in [4.78, 5) is 47.7. The molecule has 0 saturated carbocycles. The fraction of sp³-hybridized carbons (Fsp3) is 0.344. The number of nitrogens with zero attached hydrogens (tertiary/aromatic N) is 4. The zero-order valence-electron chi connectivity index (χ0n) is 25.0. The number of hydrogen-bond donors (Lipinski definition) is 5. The molecule has 0 unspecified atom stereocenters. The van der Waals surface area contributed by atoms with Gasteiger partial charge in [0.05, 0.1) is 12.1 Å². The van der Waals surface area contributed by atoms with Crippen molar-refractivity contribution in [1.29, 1.82) is 0 Å². The van der Waals surface area contributed by atoms with Crippen LogP contribution in [0.4, 0.5) is 5.82 Å². The minimum atomic E-state index is -1.26. The van der Waals surface area contributed by atoms with Gasteiger partial charge in [-0.2, -0.15) is 0 Å². The van der Waals surface area contributed by atoms with Crippen LogP contribution in [-0.2, 0) is 45.2 Å². The quantitative estimate of drug-likeness (QED) is 0.219. The van der Waals surface area contributed by atoms with Crippen LogP contribution in [-0.4, -0.2) is 96.6 Å². The second-order valence-corrected chi connectivity index (χ2v) is 10.4. The summed E-state index contributed by atoms with van der Waals surface area (Å²) in [6.07, 6.45) is 7.47. The molecule has 5 N–H and O–H groups in total. The molecule has 0 aliphatic carbocycles. The lowest BCUT2D eigenvalue weighted by molar-refractivity contribution is -0.134. The van der Waals surface area contributed by atoms with Gasteiger partial charge in [-0.05, 0) is 55.0 Å². The third-order valence-electron chi connectivity index (χ3n) is 7.38. The van der Waals surface area contributed by atoms with E-state index < -0.39 is 23.9 Å². The van der Waals surface area contributed by atoms with Gasteiger partial charge in [0.2, 0.25) is 0 Å². The highest BCUT2D eigenvalue weighted by molar-refractivity contribution is 5.90. The summed E-state index contributed by atoms with van der Waals surface area (Å²) in [5.74, 6) is -3.93. The summed E-state index contributed by atoms with van der Waals surface area (Å²) in [5.41, 5.74) is 6.56. The van der Waals surface area contributed by atoms with Crippen molar-refractivity contribution < 1.29 is 44.7 Å². The molecule has 13 nitrogen and oxygen atoms in total. The summed E-state index contributed by atoms with van der Waals surface area (Å²) >= 11 is 0. The Morgan fingerprint density at radius 3 is 1.98 bits per heavy atom. The van der Waals surface area contributed by atoms with E-state index in [1.54, 1.807) is 0 Å². The first kappa shape index (κ1) is 34.5. The fourth-order valence-corrected chi connectivity index (χ4v) is 5.39. The first-order valence-corrected chi connectivity index (χ1v) is 14.4. The standard InChI is InChI=1S/C24H30N4O.2C4H4O4/c1-18-7-9-25-23(16-18)27-14-12-26(13-15-27)11-8-20-21-6-2-4-19-5-3-10-28(24(19)21)22(20)17-29;2*5-3(6)1-2-4(7)8/h2,4,6-7,9,16,29H,3,5,8,10-15,17H2,1H3;2*1-2H,(H,5,6)(H,7,8). The van der Waals surface area contributed by atoms with Crippen LogP contribution in [0.15, 0.2) is 60.8 Å². The zero-order valence-corrected chi connectivity index (χ0v) is 25.0. The summed E-state index contributed by atoms with van der Waals surface area (Å²) in [6, 6.07) is 10.9. The van der Waals surface area contributed by atoms with Crippen molar-refractivity contribution in [2.75, 3.05) is 37.6 Å². The van der Waals surface area contributed by atoms with Crippen molar-refractivity contribution in [3.63, 3.8) is 0 Å². The summed E-state index contributed by atoms with van der Waals surface area (Å²) in [7, 11) is 0. The Kier molecular flexibility index (Phi) is 12.8. The van der Waals surface area contributed by atoms with E-state index in [1.807, 2.05) is 6.20 Å². The molecule has 1 fully saturated rings. The largest absolute Gasteiger partial charge is 0.478 e. The van der Waals surface area contributed by atoms with E-state index >= 15 is 0 Å². The molecule has 0 spiro atoms. The number of hydrogen-bond acceptors (Lipinski definition) is 8. The van der Waals surface area contributed by atoms with Crippen LogP contribution < -0.4 is 4.90 Å². The van der Waals surface area contributed by atoms with Crippen LogP contribution in [0.3, 0.4) is 0 Å². The number of carbonyl (C=O) groups is 4. The first-order chi connectivity index (χ1) is 21.5. The lowest BCUT2D eigenvalue weighted by atomic mass is 10.0. The number of aryl methyl sites for hydroxylation is 3. The number of piperazine rings is 1. The van der Waals surface area contributed by atoms with Crippen LogP contribution in [0.25, 0.3) is 10.9 Å². The molecule has 2 aromatic heterocycles. The van der Waals surface area contributed by atoms with Crippen molar-refractivity contribution >= 4 is 40.6 Å². The number of para-hydroxylation sites is 1. The second kappa shape index (κ2) is 16.7. The lowest BCUT2D eigenvalue weighted by Crippen LogP contribution is -2.47. The van der Waals surface area contributed by atoms with Crippen LogP contribution >= 0.6 is 0 Å². The molecule has 2 aliphatic heterocycles. The Morgan fingerprint density at radius 1 is 0.844 bits per heavy atom. The summed E-state index contributed by atoms with van der Waals surface area (Å²) in [5, 5.41) is 42.7. The Balaban J connectivity index is 0.000000287. The molecule has 5 rings (SSSR count). The number of anilines is 1. The minimum absolute atomic E-state index is 0.135. The highest BCUT2D eigenvalue weighted by atomic mass is 16.4. The topological polar surface area (TPSA) is 194 Å². The molecule has 45 heavy (non-hydrogen) atoms. The number of aliphatic carboxylic acids is 4. The van der Waals surface area contributed by atoms with Crippen LogP contribution in [0.5, 0.6) is 0 Å². The molecule has 1 saturated heterocycles. The minimum Gasteiger partial charge on any atom is -0.478 e. The summed E-state index contributed by atoms with van der Waals surface area (Å²) in [6.45, 7) is 8.51. The average molecular weight is 623 g/mol. The number of aliphatic hydroxyl groups excluding tert-OH is 1. The molecule has 0 amide bonds. The molecule has 0 radical (unpaired) electrons. The number of aliphatic hydroxyl groups is 1. The third kappa shape index (κ3) is 10.3. The van der Waals surface area contributed by atoms with Crippen LogP contribution in [0.1, 0.15) is 28.8 Å². The van der Waals surface area contributed by atoms with Crippen molar-refractivity contribution in [2.45, 2.75) is 39.3 Å². The number of pyridine rings is 1. The van der Waals surface area contributed by atoms with E-state index in [1.165, 1.54) is 34.0 Å². The summed E-state index contributed by atoms with van der Waals surface area (Å²) < 4.78 is 2.38. The van der Waals surface area contributed by atoms with Crippen LogP contribution in [0.2, 0.25) is 0 Å². The van der Waals surface area contributed by atoms with Crippen molar-refractivity contribution in [1.82, 2.24) is 14.5 Å². The van der Waals surface area contributed by atoms with Gasteiger partial charge >= 0.3 is 23.9 Å². The van der Waals surface area contributed by atoms with Gasteiger partial charge in [0.1, 0.15) is 5.82 Å². The molecule has 1 aromatic carbocycles. The molecular weight excluding hydrogens is 584 g/mol. The number of aromatic nitrogens is 2. The molecule has 0 atom stereocenters. The normalized spacial score (nSPS) is 14.5. The number of rotatable bonds is 9. The predicted molar refractivity (Wildman–Crippen MR) is 166 cm³/mol. The maximum Gasteiger partial charge on any atom is 0.328 e. The number of carboxylic acid groups (broad SMARTS) is 4. The van der Waals surface area contributed by atoms with Gasteiger partial charge in [-0.15, -0.1) is 0 Å². The lowest BCUT2D eigenvalue weighted by Gasteiger charge is -2.35. The van der Waals surface area contributed by atoms with Crippen LogP contribution in [0, 0.1) is 6.92 Å². The first-order valence-electron chi connectivity index (χ1n) is 14.4. The maximum absolute atomic E-state index is 10.1. The Bertz CT molecular complexity index is 1500. The molecular formula is C32H38N4O9. The highest BCUT2D eigenvalue weighted by Crippen LogP contribution is 2.33. The average Bonchev–Trinajstić information content (AvgIpc) is 3.33. The molecule has 0 bridgehead atoms. The Morgan fingerprint density at radius 2 is 1.44 bits per heavy atom. The van der Waals surface area contributed by atoms with E-state index in [0.29, 0.717) is 24.3 Å². The molecule has 4 heterocycles. The molecule has 2 aliphatic rings. The van der Waals surface area contributed by atoms with E-state index in [0.717, 1.165) is 63.6 Å². The fourth-order valence-electron chi connectivity index (χ4n) is 5.39. The van der Waals surface area contributed by atoms with Crippen molar-refractivity contribution in [3.8, 4) is 0 Å². The van der Waals surface area contributed by atoms with Crippen molar-refractivity contribution in [3.05, 3.63) is 83.2 Å². The Labute approximate surface area is 260 Å². The number of carboxylic acids is 4. The molecule has 240 valence electrons. The SMILES string of the molecule is Cc1ccnc(N2CCN(CCc3c(CO)n4c5c(cccc35)CCC4)CC2)c1.O=C(O)C=CC(=O)O.O=C(O)C=CC(=O)O. The van der Waals surface area contributed by atoms with Gasteiger partial charge in [0.15, 0.2) is 0 Å². The molecule has 3 aromatic rings. The third-order valence-corrected chi connectivity index (χ3v) is 7.38. The maximum atomic E-state index is 10.1. The highest BCUT2D eigenvalue weighted by Gasteiger charge is 2.23. The smallest absolute Gasteiger partial charge is 0.328 e. The van der Waals surface area contributed by atoms with Gasteiger partial charge in [-0.3, -0.25) is 4.90 Å².